The molecule has 0 unspecified atom stereocenters. The largest absolute Gasteiger partial charge is 0.381 e. The number of hydrogen-bond acceptors (Lipinski definition) is 3. The van der Waals surface area contributed by atoms with E-state index in [2.05, 4.69) is 16.3 Å². The van der Waals surface area contributed by atoms with Gasteiger partial charge in [-0.1, -0.05) is 0 Å². The predicted octanol–water partition coefficient (Wildman–Crippen LogP) is 1.68. The minimum atomic E-state index is 0.628. The van der Waals surface area contributed by atoms with Crippen molar-refractivity contribution in [1.29, 1.82) is 0 Å². The molecular formula is C10H14N2O. The highest BCUT2D eigenvalue weighted by Gasteiger charge is 2.16. The number of aromatic nitrogens is 2. The molecule has 0 aliphatic carbocycles. The third kappa shape index (κ3) is 2.04. The van der Waals surface area contributed by atoms with Gasteiger partial charge in [-0.3, -0.25) is 0 Å². The average Bonchev–Trinajstić information content (AvgIpc) is 2.19. The summed E-state index contributed by atoms with van der Waals surface area (Å²) in [5, 5.41) is 7.92. The minimum Gasteiger partial charge on any atom is -0.381 e. The van der Waals surface area contributed by atoms with Gasteiger partial charge in [-0.05, 0) is 37.3 Å². The zero-order valence-corrected chi connectivity index (χ0v) is 7.86. The smallest absolute Gasteiger partial charge is 0.0603 e. The molecule has 3 heteroatoms. The Morgan fingerprint density at radius 1 is 1.38 bits per heavy atom. The van der Waals surface area contributed by atoms with Crippen LogP contribution in [0.5, 0.6) is 0 Å². The van der Waals surface area contributed by atoms with Crippen LogP contribution in [-0.2, 0) is 4.74 Å². The van der Waals surface area contributed by atoms with E-state index in [4.69, 9.17) is 4.74 Å². The molecule has 1 fully saturated rings. The molecule has 13 heavy (non-hydrogen) atoms. The fourth-order valence-corrected chi connectivity index (χ4v) is 1.75. The van der Waals surface area contributed by atoms with E-state index in [1.54, 1.807) is 0 Å². The van der Waals surface area contributed by atoms with Crippen LogP contribution < -0.4 is 0 Å². The van der Waals surface area contributed by atoms with Gasteiger partial charge in [-0.2, -0.15) is 10.2 Å². The first-order chi connectivity index (χ1) is 6.36. The first kappa shape index (κ1) is 8.63. The van der Waals surface area contributed by atoms with Gasteiger partial charge in [0.05, 0.1) is 11.9 Å². The van der Waals surface area contributed by atoms with Gasteiger partial charge in [0, 0.05) is 13.2 Å². The lowest BCUT2D eigenvalue weighted by Gasteiger charge is -2.21. The van der Waals surface area contributed by atoms with Gasteiger partial charge in [-0.25, -0.2) is 0 Å². The molecule has 1 aliphatic rings. The monoisotopic (exact) mass is 178 g/mol. The molecular weight excluding hydrogens is 164 g/mol. The van der Waals surface area contributed by atoms with E-state index in [0.717, 1.165) is 31.7 Å². The highest BCUT2D eigenvalue weighted by molar-refractivity contribution is 5.16. The zero-order valence-electron chi connectivity index (χ0n) is 7.86. The third-order valence-corrected chi connectivity index (χ3v) is 2.49. The lowest BCUT2D eigenvalue weighted by molar-refractivity contribution is 0.0852. The van der Waals surface area contributed by atoms with Gasteiger partial charge in [0.1, 0.15) is 0 Å². The molecule has 0 saturated carbocycles. The van der Waals surface area contributed by atoms with Crippen molar-refractivity contribution in [2.45, 2.75) is 25.7 Å². The Labute approximate surface area is 78.1 Å². The van der Waals surface area contributed by atoms with Crippen LogP contribution in [0, 0.1) is 6.92 Å². The second-order valence-electron chi connectivity index (χ2n) is 3.52. The van der Waals surface area contributed by atoms with E-state index in [-0.39, 0.29) is 0 Å². The Balaban J connectivity index is 2.14. The third-order valence-electron chi connectivity index (χ3n) is 2.49. The normalized spacial score (nSPS) is 18.8. The highest BCUT2D eigenvalue weighted by Crippen LogP contribution is 2.25. The molecule has 0 bridgehead atoms. The van der Waals surface area contributed by atoms with Gasteiger partial charge in [-0.15, -0.1) is 0 Å². The molecule has 2 heterocycles. The van der Waals surface area contributed by atoms with Crippen LogP contribution in [-0.4, -0.2) is 23.4 Å². The summed E-state index contributed by atoms with van der Waals surface area (Å²) in [5.41, 5.74) is 2.32. The SMILES string of the molecule is Cc1cc(C2CCOCC2)cnn1. The number of ether oxygens (including phenoxy) is 1. The van der Waals surface area contributed by atoms with E-state index in [1.807, 2.05) is 13.1 Å². The molecule has 0 spiro atoms. The van der Waals surface area contributed by atoms with Gasteiger partial charge >= 0.3 is 0 Å². The number of hydrogen-bond donors (Lipinski definition) is 0. The minimum absolute atomic E-state index is 0.628. The number of aryl methyl sites for hydroxylation is 1. The van der Waals surface area contributed by atoms with Gasteiger partial charge in [0.2, 0.25) is 0 Å². The summed E-state index contributed by atoms with van der Waals surface area (Å²) < 4.78 is 5.32. The van der Waals surface area contributed by atoms with Gasteiger partial charge < -0.3 is 4.74 Å². The van der Waals surface area contributed by atoms with Crippen molar-refractivity contribution in [3.05, 3.63) is 23.5 Å². The maximum atomic E-state index is 5.32. The van der Waals surface area contributed by atoms with E-state index in [0.29, 0.717) is 5.92 Å². The Kier molecular flexibility index (Phi) is 2.54. The Bertz CT molecular complexity index is 282. The summed E-state index contributed by atoms with van der Waals surface area (Å²) in [5.74, 6) is 0.628. The highest BCUT2D eigenvalue weighted by atomic mass is 16.5. The van der Waals surface area contributed by atoms with Crippen LogP contribution >= 0.6 is 0 Å². The topological polar surface area (TPSA) is 35.0 Å². The number of nitrogens with zero attached hydrogens (tertiary/aromatic N) is 2. The first-order valence-electron chi connectivity index (χ1n) is 4.73. The van der Waals surface area contributed by atoms with Crippen molar-refractivity contribution in [1.82, 2.24) is 10.2 Å². The van der Waals surface area contributed by atoms with Crippen molar-refractivity contribution < 1.29 is 4.74 Å². The fraction of sp³-hybridized carbons (Fsp3) is 0.600. The van der Waals surface area contributed by atoms with E-state index in [1.165, 1.54) is 5.56 Å². The van der Waals surface area contributed by atoms with Gasteiger partial charge in [0.15, 0.2) is 0 Å². The summed E-state index contributed by atoms with van der Waals surface area (Å²) in [6.07, 6.45) is 4.11. The molecule has 0 atom stereocenters. The molecule has 1 saturated heterocycles. The summed E-state index contributed by atoms with van der Waals surface area (Å²) in [6.45, 7) is 3.74. The molecule has 2 rings (SSSR count). The Morgan fingerprint density at radius 2 is 2.15 bits per heavy atom. The van der Waals surface area contributed by atoms with Crippen LogP contribution in [0.3, 0.4) is 0 Å². The van der Waals surface area contributed by atoms with Crippen molar-refractivity contribution in [3.63, 3.8) is 0 Å². The molecule has 0 radical (unpaired) electrons. The zero-order chi connectivity index (χ0) is 9.10. The molecule has 1 aromatic heterocycles. The van der Waals surface area contributed by atoms with E-state index in [9.17, 15) is 0 Å². The first-order valence-corrected chi connectivity index (χ1v) is 4.73. The van der Waals surface area contributed by atoms with Crippen LogP contribution in [0.25, 0.3) is 0 Å². The van der Waals surface area contributed by atoms with E-state index >= 15 is 0 Å². The van der Waals surface area contributed by atoms with Crippen molar-refractivity contribution in [3.8, 4) is 0 Å². The molecule has 1 aliphatic heterocycles. The maximum Gasteiger partial charge on any atom is 0.0603 e. The van der Waals surface area contributed by atoms with Gasteiger partial charge in [0.25, 0.3) is 0 Å². The Morgan fingerprint density at radius 3 is 2.85 bits per heavy atom. The molecule has 0 aromatic carbocycles. The second-order valence-corrected chi connectivity index (χ2v) is 3.52. The summed E-state index contributed by atoms with van der Waals surface area (Å²) >= 11 is 0. The van der Waals surface area contributed by atoms with Crippen LogP contribution in [0.15, 0.2) is 12.3 Å². The van der Waals surface area contributed by atoms with E-state index < -0.39 is 0 Å². The molecule has 0 N–H and O–H groups in total. The summed E-state index contributed by atoms with van der Waals surface area (Å²) in [4.78, 5) is 0. The van der Waals surface area contributed by atoms with Crippen LogP contribution in [0.2, 0.25) is 0 Å². The molecule has 70 valence electrons. The summed E-state index contributed by atoms with van der Waals surface area (Å²) in [6, 6.07) is 2.13. The van der Waals surface area contributed by atoms with Crippen LogP contribution in [0.1, 0.15) is 30.0 Å². The second kappa shape index (κ2) is 3.83. The quantitative estimate of drug-likeness (QED) is 0.656. The maximum absolute atomic E-state index is 5.32. The predicted molar refractivity (Wildman–Crippen MR) is 49.6 cm³/mol. The fourth-order valence-electron chi connectivity index (χ4n) is 1.75. The average molecular weight is 178 g/mol. The van der Waals surface area contributed by atoms with Crippen LogP contribution in [0.4, 0.5) is 0 Å². The van der Waals surface area contributed by atoms with Crippen molar-refractivity contribution in [2.75, 3.05) is 13.2 Å². The standard InChI is InChI=1S/C10H14N2O/c1-8-6-10(7-11-12-8)9-2-4-13-5-3-9/h6-7,9H,2-5H2,1H3. The lowest BCUT2D eigenvalue weighted by atomic mass is 9.93. The van der Waals surface area contributed by atoms with Crippen molar-refractivity contribution in [2.24, 2.45) is 0 Å². The Hall–Kier alpha value is -0.960. The molecule has 0 amide bonds. The van der Waals surface area contributed by atoms with Crippen molar-refractivity contribution >= 4 is 0 Å². The summed E-state index contributed by atoms with van der Waals surface area (Å²) in [7, 11) is 0. The number of rotatable bonds is 1. The molecule has 1 aromatic rings. The molecule has 3 nitrogen and oxygen atoms in total. The lowest BCUT2D eigenvalue weighted by Crippen LogP contribution is -2.14.